The number of imidazole rings is 1. The number of aryl methyl sites for hydroxylation is 1. The lowest BCUT2D eigenvalue weighted by Crippen LogP contribution is -2.19. The number of rotatable bonds is 5. The van der Waals surface area contributed by atoms with E-state index in [1.54, 1.807) is 18.7 Å². The van der Waals surface area contributed by atoms with Gasteiger partial charge in [-0.2, -0.15) is 0 Å². The van der Waals surface area contributed by atoms with Crippen molar-refractivity contribution in [1.29, 1.82) is 0 Å². The van der Waals surface area contributed by atoms with Crippen LogP contribution in [-0.4, -0.2) is 20.6 Å². The van der Waals surface area contributed by atoms with Gasteiger partial charge in [0.1, 0.15) is 11.6 Å². The maximum absolute atomic E-state index is 5.39. The predicted molar refractivity (Wildman–Crippen MR) is 81.6 cm³/mol. The van der Waals surface area contributed by atoms with E-state index < -0.39 is 0 Å². The highest BCUT2D eigenvalue weighted by Gasteiger charge is 2.11. The Kier molecular flexibility index (Phi) is 3.73. The molecule has 3 heterocycles. The number of nitrogens with one attached hydrogen (secondary N) is 1. The first kappa shape index (κ1) is 13.4. The van der Waals surface area contributed by atoms with Gasteiger partial charge in [0, 0.05) is 31.1 Å². The second-order valence-electron chi connectivity index (χ2n) is 5.05. The molecule has 0 fully saturated rings. The van der Waals surface area contributed by atoms with Crippen LogP contribution in [0.4, 0.5) is 5.69 Å². The summed E-state index contributed by atoms with van der Waals surface area (Å²) >= 11 is 0. The van der Waals surface area contributed by atoms with E-state index in [2.05, 4.69) is 22.2 Å². The smallest absolute Gasteiger partial charge is 0.161 e. The summed E-state index contributed by atoms with van der Waals surface area (Å²) in [5.74, 6) is 2.74. The first-order chi connectivity index (χ1) is 10.2. The van der Waals surface area contributed by atoms with Gasteiger partial charge in [0.25, 0.3) is 0 Å². The van der Waals surface area contributed by atoms with Crippen LogP contribution >= 0.6 is 0 Å². The molecule has 0 aliphatic rings. The van der Waals surface area contributed by atoms with Crippen molar-refractivity contribution in [1.82, 2.24) is 14.5 Å². The molecule has 0 saturated heterocycles. The third-order valence-corrected chi connectivity index (χ3v) is 3.33. The van der Waals surface area contributed by atoms with Crippen LogP contribution in [-0.2, 0) is 6.42 Å². The van der Waals surface area contributed by atoms with E-state index >= 15 is 0 Å². The Morgan fingerprint density at radius 2 is 2.14 bits per heavy atom. The van der Waals surface area contributed by atoms with E-state index in [0.717, 1.165) is 29.5 Å². The number of nitrogens with zero attached hydrogens (tertiary/aromatic N) is 3. The lowest BCUT2D eigenvalue weighted by Gasteiger charge is -2.17. The molecule has 1 atom stereocenters. The van der Waals surface area contributed by atoms with E-state index in [1.165, 1.54) is 0 Å². The highest BCUT2D eigenvalue weighted by Crippen LogP contribution is 2.20. The monoisotopic (exact) mass is 282 g/mol. The minimum atomic E-state index is 0.239. The second kappa shape index (κ2) is 5.83. The zero-order valence-electron chi connectivity index (χ0n) is 12.2. The fourth-order valence-electron chi connectivity index (χ4n) is 2.35. The zero-order valence-corrected chi connectivity index (χ0v) is 12.2. The Morgan fingerprint density at radius 3 is 2.86 bits per heavy atom. The minimum Gasteiger partial charge on any atom is -0.469 e. The molecular weight excluding hydrogens is 264 g/mol. The van der Waals surface area contributed by atoms with E-state index in [4.69, 9.17) is 4.42 Å². The SMILES string of the molecule is Cc1nccn1-c1ncccc1NC(C)Cc1ccco1. The van der Waals surface area contributed by atoms with Crippen molar-refractivity contribution in [3.05, 3.63) is 60.7 Å². The van der Waals surface area contributed by atoms with Gasteiger partial charge in [-0.1, -0.05) is 0 Å². The van der Waals surface area contributed by atoms with Crippen LogP contribution in [0.5, 0.6) is 0 Å². The lowest BCUT2D eigenvalue weighted by molar-refractivity contribution is 0.497. The van der Waals surface area contributed by atoms with Gasteiger partial charge in [-0.15, -0.1) is 0 Å². The largest absolute Gasteiger partial charge is 0.469 e. The third kappa shape index (κ3) is 2.97. The van der Waals surface area contributed by atoms with Crippen molar-refractivity contribution in [2.45, 2.75) is 26.3 Å². The van der Waals surface area contributed by atoms with Crippen molar-refractivity contribution >= 4 is 5.69 Å². The standard InChI is InChI=1S/C16H18N4O/c1-12(11-14-5-4-10-21-14)19-15-6-3-7-18-16(15)20-9-8-17-13(20)2/h3-10,12,19H,11H2,1-2H3. The number of furan rings is 1. The summed E-state index contributed by atoms with van der Waals surface area (Å²) in [4.78, 5) is 8.72. The highest BCUT2D eigenvalue weighted by atomic mass is 16.3. The molecule has 0 amide bonds. The summed E-state index contributed by atoms with van der Waals surface area (Å²) in [6.07, 6.45) is 8.01. The molecule has 0 aliphatic heterocycles. The molecule has 0 saturated carbocycles. The number of anilines is 1. The predicted octanol–water partition coefficient (Wildman–Crippen LogP) is 3.21. The van der Waals surface area contributed by atoms with Crippen LogP contribution in [0, 0.1) is 6.92 Å². The van der Waals surface area contributed by atoms with Gasteiger partial charge in [-0.3, -0.25) is 4.57 Å². The number of pyridine rings is 1. The molecule has 5 heteroatoms. The molecule has 1 unspecified atom stereocenters. The van der Waals surface area contributed by atoms with E-state index in [9.17, 15) is 0 Å². The molecule has 0 bridgehead atoms. The Labute approximate surface area is 123 Å². The Balaban J connectivity index is 1.81. The third-order valence-electron chi connectivity index (χ3n) is 3.33. The Morgan fingerprint density at radius 1 is 1.24 bits per heavy atom. The zero-order chi connectivity index (χ0) is 14.7. The molecule has 1 N–H and O–H groups in total. The molecule has 3 aromatic rings. The first-order valence-corrected chi connectivity index (χ1v) is 6.98. The first-order valence-electron chi connectivity index (χ1n) is 6.98. The van der Waals surface area contributed by atoms with Crippen molar-refractivity contribution in [2.24, 2.45) is 0 Å². The van der Waals surface area contributed by atoms with E-state index in [-0.39, 0.29) is 6.04 Å². The second-order valence-corrected chi connectivity index (χ2v) is 5.05. The fourth-order valence-corrected chi connectivity index (χ4v) is 2.35. The van der Waals surface area contributed by atoms with Gasteiger partial charge in [0.2, 0.25) is 0 Å². The van der Waals surface area contributed by atoms with Crippen LogP contribution in [0.3, 0.4) is 0 Å². The molecule has 5 nitrogen and oxygen atoms in total. The van der Waals surface area contributed by atoms with Crippen molar-refractivity contribution in [2.75, 3.05) is 5.32 Å². The van der Waals surface area contributed by atoms with Gasteiger partial charge in [0.05, 0.1) is 12.0 Å². The Bertz CT molecular complexity index is 703. The van der Waals surface area contributed by atoms with Gasteiger partial charge in [-0.05, 0) is 38.1 Å². The van der Waals surface area contributed by atoms with Crippen LogP contribution < -0.4 is 5.32 Å². The van der Waals surface area contributed by atoms with Gasteiger partial charge in [0.15, 0.2) is 5.82 Å². The number of hydrogen-bond acceptors (Lipinski definition) is 4. The van der Waals surface area contributed by atoms with Gasteiger partial charge < -0.3 is 9.73 Å². The normalized spacial score (nSPS) is 12.3. The summed E-state index contributed by atoms with van der Waals surface area (Å²) in [5.41, 5.74) is 0.984. The topological polar surface area (TPSA) is 55.9 Å². The maximum atomic E-state index is 5.39. The minimum absolute atomic E-state index is 0.239. The quantitative estimate of drug-likeness (QED) is 0.780. The molecule has 0 radical (unpaired) electrons. The summed E-state index contributed by atoms with van der Waals surface area (Å²) in [7, 11) is 0. The van der Waals surface area contributed by atoms with Crippen molar-refractivity contribution in [3.63, 3.8) is 0 Å². The fraction of sp³-hybridized carbons (Fsp3) is 0.250. The molecule has 0 aromatic carbocycles. The van der Waals surface area contributed by atoms with Crippen LogP contribution in [0.2, 0.25) is 0 Å². The lowest BCUT2D eigenvalue weighted by atomic mass is 10.2. The molecule has 0 spiro atoms. The van der Waals surface area contributed by atoms with Crippen LogP contribution in [0.15, 0.2) is 53.5 Å². The summed E-state index contributed by atoms with van der Waals surface area (Å²) in [5, 5.41) is 3.49. The van der Waals surface area contributed by atoms with Crippen LogP contribution in [0.1, 0.15) is 18.5 Å². The number of aromatic nitrogens is 3. The molecule has 3 aromatic heterocycles. The number of hydrogen-bond donors (Lipinski definition) is 1. The van der Waals surface area contributed by atoms with Crippen molar-refractivity contribution in [3.8, 4) is 5.82 Å². The van der Waals surface area contributed by atoms with E-state index in [0.29, 0.717) is 0 Å². The maximum Gasteiger partial charge on any atom is 0.161 e. The van der Waals surface area contributed by atoms with Gasteiger partial charge >= 0.3 is 0 Å². The summed E-state index contributed by atoms with van der Waals surface area (Å²) < 4.78 is 7.37. The molecular formula is C16H18N4O. The van der Waals surface area contributed by atoms with E-state index in [1.807, 2.05) is 42.0 Å². The van der Waals surface area contributed by atoms with Crippen LogP contribution in [0.25, 0.3) is 5.82 Å². The average Bonchev–Trinajstić information content (AvgIpc) is 3.11. The summed E-state index contributed by atoms with van der Waals surface area (Å²) in [6.45, 7) is 4.09. The molecule has 3 rings (SSSR count). The molecule has 108 valence electrons. The summed E-state index contributed by atoms with van der Waals surface area (Å²) in [6, 6.07) is 8.09. The Hall–Kier alpha value is -2.56. The average molecular weight is 282 g/mol. The van der Waals surface area contributed by atoms with Crippen molar-refractivity contribution < 1.29 is 4.42 Å². The molecule has 0 aliphatic carbocycles. The van der Waals surface area contributed by atoms with Gasteiger partial charge in [-0.25, -0.2) is 9.97 Å². The molecule has 21 heavy (non-hydrogen) atoms. The highest BCUT2D eigenvalue weighted by molar-refractivity contribution is 5.57.